The van der Waals surface area contributed by atoms with Gasteiger partial charge in [0.05, 0.1) is 6.33 Å². The Bertz CT molecular complexity index is 696. The molecule has 0 radical (unpaired) electrons. The number of rotatable bonds is 3. The van der Waals surface area contributed by atoms with Gasteiger partial charge in [-0.05, 0) is 0 Å². The number of aliphatic hydroxyl groups is 3. The van der Waals surface area contributed by atoms with Gasteiger partial charge in [0.1, 0.15) is 40.6 Å². The molecule has 0 amide bonds. The van der Waals surface area contributed by atoms with Crippen molar-refractivity contribution in [2.75, 3.05) is 0 Å². The number of imidazole rings is 1. The van der Waals surface area contributed by atoms with Crippen molar-refractivity contribution in [3.63, 3.8) is 0 Å². The Morgan fingerprint density at radius 1 is 1.18 bits per heavy atom. The van der Waals surface area contributed by atoms with Crippen LogP contribution in [0.3, 0.4) is 0 Å². The Morgan fingerprint density at radius 3 is 2.68 bits per heavy atom. The van der Waals surface area contributed by atoms with Gasteiger partial charge in [-0.2, -0.15) is 0 Å². The molecule has 1 saturated heterocycles. The molecule has 0 saturated carbocycles. The average Bonchev–Trinajstić information content (AvgIpc) is 2.97. The van der Waals surface area contributed by atoms with Gasteiger partial charge < -0.3 is 30.1 Å². The van der Waals surface area contributed by atoms with Crippen LogP contribution in [-0.4, -0.2) is 76.2 Å². The Hall–Kier alpha value is -1.79. The van der Waals surface area contributed by atoms with Gasteiger partial charge in [-0.25, -0.2) is 19.7 Å². The topological polar surface area (TPSA) is 162 Å². The Kier molecular flexibility index (Phi) is 3.97. The maximum absolute atomic E-state index is 11.1. The fraction of sp³-hybridized carbons (Fsp3) is 0.455. The largest absolute Gasteiger partial charge is 0.479 e. The number of nitrogens with one attached hydrogen (secondary N) is 1. The summed E-state index contributed by atoms with van der Waals surface area (Å²) in [6, 6.07) is 0. The number of hydrogen-bond acceptors (Lipinski definition) is 9. The lowest BCUT2D eigenvalue weighted by atomic mass is 10.0. The zero-order valence-corrected chi connectivity index (χ0v) is 11.7. The highest BCUT2D eigenvalue weighted by molar-refractivity contribution is 8.00. The van der Waals surface area contributed by atoms with E-state index in [1.807, 2.05) is 0 Å². The molecule has 3 heterocycles. The molecule has 0 spiro atoms. The molecule has 5 N–H and O–H groups in total. The summed E-state index contributed by atoms with van der Waals surface area (Å²) < 4.78 is 5.18. The molecule has 3 rings (SSSR count). The van der Waals surface area contributed by atoms with Crippen molar-refractivity contribution >= 4 is 28.9 Å². The first-order valence-electron chi connectivity index (χ1n) is 6.22. The number of aliphatic hydroxyl groups excluding tert-OH is 3. The molecule has 2 aromatic rings. The highest BCUT2D eigenvalue weighted by Crippen LogP contribution is 2.34. The first-order chi connectivity index (χ1) is 10.5. The Morgan fingerprint density at radius 2 is 1.95 bits per heavy atom. The van der Waals surface area contributed by atoms with Gasteiger partial charge in [0.25, 0.3) is 0 Å². The van der Waals surface area contributed by atoms with E-state index in [2.05, 4.69) is 19.9 Å². The second kappa shape index (κ2) is 5.78. The van der Waals surface area contributed by atoms with E-state index in [1.54, 1.807) is 0 Å². The van der Waals surface area contributed by atoms with Crippen LogP contribution in [-0.2, 0) is 9.53 Å². The van der Waals surface area contributed by atoms with Crippen LogP contribution in [0.25, 0.3) is 11.2 Å². The third kappa shape index (κ3) is 2.53. The molecule has 0 bridgehead atoms. The smallest absolute Gasteiger partial charge is 0.335 e. The number of H-pyrrole nitrogens is 1. The third-order valence-corrected chi connectivity index (χ3v) is 4.38. The molecule has 1 aliphatic rings. The quantitative estimate of drug-likeness (QED) is 0.412. The zero-order chi connectivity index (χ0) is 15.9. The summed E-state index contributed by atoms with van der Waals surface area (Å²) in [4.78, 5) is 25.8. The number of carboxylic acids is 1. The van der Waals surface area contributed by atoms with Crippen LogP contribution >= 0.6 is 11.8 Å². The number of nitrogens with zero attached hydrogens (tertiary/aromatic N) is 3. The molecule has 1 aliphatic heterocycles. The molecule has 5 atom stereocenters. The Balaban J connectivity index is 1.87. The van der Waals surface area contributed by atoms with Crippen molar-refractivity contribution in [1.82, 2.24) is 19.9 Å². The van der Waals surface area contributed by atoms with E-state index in [4.69, 9.17) is 9.84 Å². The van der Waals surface area contributed by atoms with Crippen LogP contribution in [0, 0.1) is 0 Å². The monoisotopic (exact) mass is 328 g/mol. The molecule has 1 fully saturated rings. The van der Waals surface area contributed by atoms with Crippen LogP contribution in [0.1, 0.15) is 0 Å². The van der Waals surface area contributed by atoms with E-state index >= 15 is 0 Å². The highest BCUT2D eigenvalue weighted by atomic mass is 32.2. The second-order valence-electron chi connectivity index (χ2n) is 4.63. The molecule has 11 heteroatoms. The SMILES string of the molecule is O=C(O)[C@H]1O[C@@H](Sc2ncnc3nc[nH]c23)[C@H](O)[C@@H](O)[C@@H]1O. The van der Waals surface area contributed by atoms with Crippen LogP contribution < -0.4 is 0 Å². The van der Waals surface area contributed by atoms with Gasteiger partial charge >= 0.3 is 5.97 Å². The number of fused-ring (bicyclic) bond motifs is 1. The molecular formula is C11H12N4O6S. The lowest BCUT2D eigenvalue weighted by Crippen LogP contribution is -2.58. The zero-order valence-electron chi connectivity index (χ0n) is 10.9. The number of thioether (sulfide) groups is 1. The molecular weight excluding hydrogens is 316 g/mol. The lowest BCUT2D eigenvalue weighted by Gasteiger charge is -2.38. The van der Waals surface area contributed by atoms with Gasteiger partial charge in [-0.15, -0.1) is 0 Å². The van der Waals surface area contributed by atoms with Crippen LogP contribution in [0.15, 0.2) is 17.7 Å². The summed E-state index contributed by atoms with van der Waals surface area (Å²) in [5.41, 5.74) is -0.227. The predicted molar refractivity (Wildman–Crippen MR) is 71.9 cm³/mol. The van der Waals surface area contributed by atoms with Gasteiger partial charge in [0.15, 0.2) is 11.8 Å². The van der Waals surface area contributed by atoms with E-state index in [0.29, 0.717) is 16.2 Å². The minimum absolute atomic E-state index is 0.374. The standard InChI is InChI=1S/C11H12N4O6S/c16-4-5(17)7(10(19)20)21-11(6(4)18)22-9-3-8(13-1-12-3)14-2-15-9/h1-2,4-7,11,16-18H,(H,19,20)(H,12,13,14,15)/t4-,5-,6+,7-,11-/m0/s1. The number of aromatic amines is 1. The molecule has 2 aromatic heterocycles. The van der Waals surface area contributed by atoms with Crippen molar-refractivity contribution in [3.8, 4) is 0 Å². The molecule has 118 valence electrons. The first-order valence-corrected chi connectivity index (χ1v) is 7.10. The summed E-state index contributed by atoms with van der Waals surface area (Å²) in [5.74, 6) is -1.43. The fourth-order valence-electron chi connectivity index (χ4n) is 2.09. The van der Waals surface area contributed by atoms with Crippen molar-refractivity contribution < 1.29 is 30.0 Å². The maximum Gasteiger partial charge on any atom is 0.335 e. The first kappa shape index (κ1) is 15.1. The number of hydrogen-bond donors (Lipinski definition) is 5. The molecule has 0 unspecified atom stereocenters. The summed E-state index contributed by atoms with van der Waals surface area (Å²) in [6.07, 6.45) is -3.81. The van der Waals surface area contributed by atoms with Crippen LogP contribution in [0.5, 0.6) is 0 Å². The van der Waals surface area contributed by atoms with E-state index in [-0.39, 0.29) is 0 Å². The highest BCUT2D eigenvalue weighted by Gasteiger charge is 2.47. The summed E-state index contributed by atoms with van der Waals surface area (Å²) in [5, 5.41) is 38.8. The predicted octanol–water partition coefficient (Wildman–Crippen LogP) is -1.66. The van der Waals surface area contributed by atoms with Crippen molar-refractivity contribution in [1.29, 1.82) is 0 Å². The van der Waals surface area contributed by atoms with E-state index < -0.39 is 35.8 Å². The fourth-order valence-corrected chi connectivity index (χ4v) is 3.16. The number of carbonyl (C=O) groups is 1. The van der Waals surface area contributed by atoms with E-state index in [1.165, 1.54) is 12.7 Å². The van der Waals surface area contributed by atoms with E-state index in [9.17, 15) is 20.1 Å². The van der Waals surface area contributed by atoms with Crippen LogP contribution in [0.2, 0.25) is 0 Å². The Labute approximate surface area is 127 Å². The molecule has 0 aliphatic carbocycles. The molecule has 0 aromatic carbocycles. The van der Waals surface area contributed by atoms with E-state index in [0.717, 1.165) is 11.8 Å². The van der Waals surface area contributed by atoms with Gasteiger partial charge in [-0.3, -0.25) is 0 Å². The second-order valence-corrected chi connectivity index (χ2v) is 5.72. The van der Waals surface area contributed by atoms with Crippen molar-refractivity contribution in [2.45, 2.75) is 34.9 Å². The van der Waals surface area contributed by atoms with Crippen molar-refractivity contribution in [3.05, 3.63) is 12.7 Å². The summed E-state index contributed by atoms with van der Waals surface area (Å²) >= 11 is 0.905. The molecule has 22 heavy (non-hydrogen) atoms. The maximum atomic E-state index is 11.1. The summed E-state index contributed by atoms with van der Waals surface area (Å²) in [7, 11) is 0. The number of aromatic nitrogens is 4. The van der Waals surface area contributed by atoms with Gasteiger partial charge in [0, 0.05) is 0 Å². The third-order valence-electron chi connectivity index (χ3n) is 3.23. The van der Waals surface area contributed by atoms with Gasteiger partial charge in [-0.1, -0.05) is 11.8 Å². The van der Waals surface area contributed by atoms with Gasteiger partial charge in [0.2, 0.25) is 0 Å². The molecule has 10 nitrogen and oxygen atoms in total. The average molecular weight is 328 g/mol. The van der Waals surface area contributed by atoms with Crippen LogP contribution in [0.4, 0.5) is 0 Å². The summed E-state index contributed by atoms with van der Waals surface area (Å²) in [6.45, 7) is 0. The minimum Gasteiger partial charge on any atom is -0.479 e. The number of ether oxygens (including phenoxy) is 1. The lowest BCUT2D eigenvalue weighted by molar-refractivity contribution is -0.209. The number of carboxylic acid groups (broad SMARTS) is 1. The normalized spacial score (nSPS) is 32.2. The van der Waals surface area contributed by atoms with Crippen molar-refractivity contribution in [2.24, 2.45) is 0 Å². The number of aliphatic carboxylic acids is 1. The minimum atomic E-state index is -1.72.